The van der Waals surface area contributed by atoms with E-state index in [-0.39, 0.29) is 83.6 Å². The lowest BCUT2D eigenvalue weighted by Crippen LogP contribution is -2.18. The first-order valence-electron chi connectivity index (χ1n) is 28.6. The molecule has 0 atom stereocenters. The van der Waals surface area contributed by atoms with E-state index in [1.165, 1.54) is 120 Å². The maximum absolute atomic E-state index is 12.8. The van der Waals surface area contributed by atoms with Crippen molar-refractivity contribution in [3.05, 3.63) is 246 Å². The molecule has 11 aromatic rings. The monoisotopic (exact) mass is 1480 g/mol. The zero-order valence-electron chi connectivity index (χ0n) is 52.5. The first kappa shape index (κ1) is 74.8. The molecule has 100 heavy (non-hydrogen) atoms. The number of nitrogens with one attached hydrogen (secondary N) is 4. The Morgan fingerprint density at radius 1 is 0.460 bits per heavy atom. The first-order valence-corrected chi connectivity index (χ1v) is 35.2. The topological polar surface area (TPSA) is 440 Å². The summed E-state index contributed by atoms with van der Waals surface area (Å²) < 4.78 is 147. The van der Waals surface area contributed by atoms with Gasteiger partial charge in [0, 0.05) is 75.8 Å². The standard InChI is InChI=1S/C18H13F3N2O4S.C17H13ClN2O4S.C16H13N3O4S.C14H19N5O3S.9H2/c19-18(20,21)12-4-1-3-11(9-12)15-7-8-16(27-15)17(24)23-13-5-2-6-14(10-13)28(22,25)26;18-12-6-4-11(5-7-12)15-8-9-16(24-15)17(21)20-13-2-1-3-14(10-13)25(19,22)23;17-24(21,22)13-8-4-7-12(9-13)18-16(20)14-10-15(23-19-14)11-5-2-1-3-6-11;1-14(2,3)13-17-11(19(4)18-13)12(20)16-9-6-5-7-10(8-9)23(15,21)22;;;;;;;;;/h1-10H,(H,23,24)(H2,22,25,26);1-10H,(H,20,21)(H2,19,22,23);1-10H,(H,18,20)(H2,17,21,22);5-8H,1-4H3,(H,16,20)(H2,15,21,22);9*1H. The zero-order valence-corrected chi connectivity index (χ0v) is 56.5. The third-order valence-electron chi connectivity index (χ3n) is 13.4. The molecule has 11 rings (SSSR count). The number of hydrogen-bond acceptors (Lipinski definition) is 18. The molecule has 7 aromatic carbocycles. The van der Waals surface area contributed by atoms with Gasteiger partial charge in [-0.1, -0.05) is 104 Å². The lowest BCUT2D eigenvalue weighted by atomic mass is 9.96. The number of furan rings is 2. The molecule has 0 aliphatic rings. The Kier molecular flexibility index (Phi) is 23.1. The summed E-state index contributed by atoms with van der Waals surface area (Å²) in [6.07, 6.45) is -4.50. The molecule has 0 unspecified atom stereocenters. The van der Waals surface area contributed by atoms with Crippen LogP contribution in [0.1, 0.15) is 87.2 Å². The predicted octanol–water partition coefficient (Wildman–Crippen LogP) is 12.8. The van der Waals surface area contributed by atoms with Crippen LogP contribution < -0.4 is 41.8 Å². The number of primary sulfonamides is 4. The number of benzene rings is 7. The van der Waals surface area contributed by atoms with Crippen molar-refractivity contribution in [1.29, 1.82) is 0 Å². The third-order valence-corrected chi connectivity index (χ3v) is 17.3. The second-order valence-corrected chi connectivity index (χ2v) is 28.8. The number of amides is 4. The van der Waals surface area contributed by atoms with Crippen molar-refractivity contribution in [1.82, 2.24) is 19.9 Å². The van der Waals surface area contributed by atoms with Crippen molar-refractivity contribution in [2.24, 2.45) is 27.6 Å². The highest BCUT2D eigenvalue weighted by Gasteiger charge is 2.31. The molecule has 4 heterocycles. The molecule has 12 N–H and O–H groups in total. The fraction of sp³-hybridized carbons (Fsp3) is 0.0923. The van der Waals surface area contributed by atoms with Crippen LogP contribution >= 0.6 is 11.6 Å². The van der Waals surface area contributed by atoms with Crippen molar-refractivity contribution in [3.8, 4) is 34.0 Å². The SMILES string of the molecule is Cn1nc(C(C)(C)C)nc1C(=O)Nc1cccc(S(N)(=O)=O)c1.NS(=O)(=O)c1cccc(NC(=O)c2cc(-c3ccccc3)on2)c1.NS(=O)(=O)c1cccc(NC(=O)c2ccc(-c3ccc(Cl)cc3)o2)c1.NS(=O)(=O)c1cccc(NC(=O)c2ccc(-c3cccc(C(F)(F)F)c3)o2)c1.[HH].[HH].[HH].[HH].[HH].[HH].[HH].[HH].[HH]. The van der Waals surface area contributed by atoms with Crippen LogP contribution in [0.2, 0.25) is 5.02 Å². The molecule has 0 aliphatic carbocycles. The zero-order chi connectivity index (χ0) is 73.1. The average molecular weight is 1490 g/mol. The summed E-state index contributed by atoms with van der Waals surface area (Å²) >= 11 is 5.84. The largest absolute Gasteiger partial charge is 0.451 e. The Labute approximate surface area is 587 Å². The molecule has 0 bridgehead atoms. The molecule has 35 heteroatoms. The second kappa shape index (κ2) is 30.9. The summed E-state index contributed by atoms with van der Waals surface area (Å²) in [4.78, 5) is 52.9. The van der Waals surface area contributed by atoms with Crippen LogP contribution in [0.3, 0.4) is 0 Å². The van der Waals surface area contributed by atoms with Crippen LogP contribution in [-0.2, 0) is 58.7 Å². The number of nitrogens with zero attached hydrogens (tertiary/aromatic N) is 4. The number of aryl methyl sites for hydroxylation is 1. The first-order chi connectivity index (χ1) is 46.8. The van der Waals surface area contributed by atoms with Gasteiger partial charge in [0.2, 0.25) is 45.9 Å². The number of nitrogens with two attached hydrogens (primary N) is 4. The van der Waals surface area contributed by atoms with Crippen molar-refractivity contribution < 1.29 is 92.2 Å². The van der Waals surface area contributed by atoms with Gasteiger partial charge in [0.05, 0.1) is 25.1 Å². The van der Waals surface area contributed by atoms with Gasteiger partial charge in [-0.05, 0) is 133 Å². The van der Waals surface area contributed by atoms with Gasteiger partial charge in [-0.15, -0.1) is 0 Å². The van der Waals surface area contributed by atoms with E-state index in [1.54, 1.807) is 55.6 Å². The molecule has 0 radical (unpaired) electrons. The van der Waals surface area contributed by atoms with Gasteiger partial charge in [-0.3, -0.25) is 19.2 Å². The minimum absolute atomic E-state index is 0. The van der Waals surface area contributed by atoms with E-state index in [1.807, 2.05) is 51.1 Å². The van der Waals surface area contributed by atoms with Gasteiger partial charge in [0.1, 0.15) is 11.5 Å². The number of rotatable bonds is 15. The maximum atomic E-state index is 12.8. The molecule has 27 nitrogen and oxygen atoms in total. The van der Waals surface area contributed by atoms with Crippen LogP contribution in [0.5, 0.6) is 0 Å². The smallest absolute Gasteiger partial charge is 0.416 e. The Morgan fingerprint density at radius 3 is 1.26 bits per heavy atom. The number of carbonyl (C=O) groups is 4. The van der Waals surface area contributed by atoms with E-state index in [0.29, 0.717) is 33.7 Å². The van der Waals surface area contributed by atoms with Gasteiger partial charge in [-0.2, -0.15) is 18.3 Å². The van der Waals surface area contributed by atoms with Crippen molar-refractivity contribution in [2.75, 3.05) is 21.3 Å². The molecular formula is C65H76ClF3N12O15S4. The highest BCUT2D eigenvalue weighted by Crippen LogP contribution is 2.34. The van der Waals surface area contributed by atoms with Crippen molar-refractivity contribution in [2.45, 2.75) is 51.9 Å². The Bertz CT molecular complexity index is 5360. The maximum Gasteiger partial charge on any atom is 0.416 e. The summed E-state index contributed by atoms with van der Waals surface area (Å²) in [6, 6.07) is 50.3. The third kappa shape index (κ3) is 20.8. The highest BCUT2D eigenvalue weighted by atomic mass is 35.5. The number of hydrogen-bond donors (Lipinski definition) is 8. The van der Waals surface area contributed by atoms with E-state index >= 15 is 0 Å². The molecular weight excluding hydrogens is 1410 g/mol. The van der Waals surface area contributed by atoms with Gasteiger partial charge in [0.15, 0.2) is 28.8 Å². The molecule has 0 aliphatic heterocycles. The van der Waals surface area contributed by atoms with Crippen LogP contribution in [0, 0.1) is 0 Å². The van der Waals surface area contributed by atoms with Gasteiger partial charge in [-0.25, -0.2) is 63.9 Å². The van der Waals surface area contributed by atoms with E-state index in [4.69, 9.17) is 45.5 Å². The lowest BCUT2D eigenvalue weighted by Gasteiger charge is -2.11. The number of halogens is 4. The van der Waals surface area contributed by atoms with Gasteiger partial charge < -0.3 is 34.6 Å². The fourth-order valence-corrected chi connectivity index (χ4v) is 10.8. The number of anilines is 4. The van der Waals surface area contributed by atoms with Gasteiger partial charge >= 0.3 is 6.18 Å². The molecule has 0 saturated heterocycles. The fourth-order valence-electron chi connectivity index (χ4n) is 8.48. The summed E-state index contributed by atoms with van der Waals surface area (Å²) in [6.45, 7) is 5.83. The number of carbonyl (C=O) groups excluding carboxylic acids is 4. The van der Waals surface area contributed by atoms with E-state index < -0.39 is 75.5 Å². The molecule has 4 aromatic heterocycles. The minimum Gasteiger partial charge on any atom is -0.451 e. The van der Waals surface area contributed by atoms with Crippen molar-refractivity contribution >= 4 is 98.1 Å². The number of alkyl halides is 3. The van der Waals surface area contributed by atoms with Crippen LogP contribution in [0.15, 0.2) is 239 Å². The number of sulfonamides is 4. The molecule has 4 amide bonds. The Balaban J connectivity index is 0. The van der Waals surface area contributed by atoms with Gasteiger partial charge in [0.25, 0.3) is 23.6 Å². The van der Waals surface area contributed by atoms with E-state index in [9.17, 15) is 66.0 Å². The number of aromatic nitrogens is 4. The summed E-state index contributed by atoms with van der Waals surface area (Å²) in [5.41, 5.74) is 1.73. The Hall–Kier alpha value is -11.0. The van der Waals surface area contributed by atoms with E-state index in [0.717, 1.165) is 23.3 Å². The summed E-state index contributed by atoms with van der Waals surface area (Å²) in [7, 11) is -13.8. The predicted molar refractivity (Wildman–Crippen MR) is 382 cm³/mol. The second-order valence-electron chi connectivity index (χ2n) is 22.1. The molecule has 0 saturated carbocycles. The molecule has 0 spiro atoms. The summed E-state index contributed by atoms with van der Waals surface area (Å²) in [5, 5.41) is 39.0. The van der Waals surface area contributed by atoms with Crippen molar-refractivity contribution in [3.63, 3.8) is 0 Å². The normalized spacial score (nSPS) is 11.7. The van der Waals surface area contributed by atoms with E-state index in [2.05, 4.69) is 36.5 Å². The molecule has 0 fully saturated rings. The average Bonchev–Trinajstić information content (AvgIpc) is 1.74. The van der Waals surface area contributed by atoms with Crippen LogP contribution in [0.25, 0.3) is 34.0 Å². The quantitative estimate of drug-likeness (QED) is 0.0472. The lowest BCUT2D eigenvalue weighted by molar-refractivity contribution is -0.137. The highest BCUT2D eigenvalue weighted by molar-refractivity contribution is 7.90. The van der Waals surface area contributed by atoms with Crippen LogP contribution in [-0.4, -0.2) is 77.2 Å². The summed E-state index contributed by atoms with van der Waals surface area (Å²) in [5.74, 6) is -0.557. The van der Waals surface area contributed by atoms with Crippen LogP contribution in [0.4, 0.5) is 35.9 Å². The minimum atomic E-state index is -4.50. The Morgan fingerprint density at radius 2 is 0.850 bits per heavy atom. The molecule has 538 valence electrons.